The first-order chi connectivity index (χ1) is 16.1. The highest BCUT2D eigenvalue weighted by atomic mass is 79.9. The number of hydrogen-bond donors (Lipinski definition) is 2. The summed E-state index contributed by atoms with van der Waals surface area (Å²) in [4.78, 5) is 2.16. The topological polar surface area (TPSA) is 105 Å². The molecule has 0 radical (unpaired) electrons. The Labute approximate surface area is 212 Å². The van der Waals surface area contributed by atoms with Crippen LogP contribution in [-0.4, -0.2) is 65.8 Å². The fourth-order valence-corrected chi connectivity index (χ4v) is 5.26. The molecule has 0 atom stereocenters. The first-order valence-electron chi connectivity index (χ1n) is 11.1. The highest BCUT2D eigenvalue weighted by Crippen LogP contribution is 2.17. The fraction of sp³-hybridized carbons (Fsp3) is 0.478. The number of alkyl halides is 1. The van der Waals surface area contributed by atoms with E-state index < -0.39 is 20.0 Å². The van der Waals surface area contributed by atoms with E-state index in [9.17, 15) is 16.8 Å². The third kappa shape index (κ3) is 12.0. The van der Waals surface area contributed by atoms with Gasteiger partial charge in [-0.2, -0.15) is 0 Å². The average Bonchev–Trinajstić information content (AvgIpc) is 2.76. The molecule has 0 fully saturated rings. The molecule has 8 nitrogen and oxygen atoms in total. The summed E-state index contributed by atoms with van der Waals surface area (Å²) >= 11 is 3.35. The van der Waals surface area contributed by atoms with E-state index in [0.717, 1.165) is 49.5 Å². The van der Waals surface area contributed by atoms with Crippen LogP contribution in [0.25, 0.3) is 0 Å². The largest absolute Gasteiger partial charge is 0.492 e. The number of unbranched alkanes of at least 4 members (excludes halogenated alkanes) is 2. The van der Waals surface area contributed by atoms with Crippen molar-refractivity contribution in [3.63, 3.8) is 0 Å². The lowest BCUT2D eigenvalue weighted by Crippen LogP contribution is -2.26. The van der Waals surface area contributed by atoms with Gasteiger partial charge < -0.3 is 9.64 Å². The van der Waals surface area contributed by atoms with E-state index in [4.69, 9.17) is 4.74 Å². The molecule has 0 heterocycles. The first kappa shape index (κ1) is 28.4. The average molecular weight is 577 g/mol. The van der Waals surface area contributed by atoms with Crippen molar-refractivity contribution >= 4 is 47.4 Å². The summed E-state index contributed by atoms with van der Waals surface area (Å²) in [6.45, 7) is 2.07. The van der Waals surface area contributed by atoms with Crippen LogP contribution in [0.2, 0.25) is 0 Å². The van der Waals surface area contributed by atoms with Gasteiger partial charge in [0.2, 0.25) is 20.0 Å². The van der Waals surface area contributed by atoms with Crippen LogP contribution >= 0.6 is 15.9 Å². The van der Waals surface area contributed by atoms with Crippen molar-refractivity contribution in [2.45, 2.75) is 25.7 Å². The number of benzene rings is 2. The lowest BCUT2D eigenvalue weighted by molar-refractivity contribution is 0.239. The Morgan fingerprint density at radius 1 is 0.853 bits per heavy atom. The molecule has 190 valence electrons. The van der Waals surface area contributed by atoms with Gasteiger partial charge in [-0.3, -0.25) is 9.44 Å². The van der Waals surface area contributed by atoms with Gasteiger partial charge in [0.25, 0.3) is 0 Å². The fourth-order valence-electron chi connectivity index (χ4n) is 3.12. The SMILES string of the molecule is CN(CCOc1ccc(NS(C)(=O)=O)cc1)CCc1ccc(NS(=O)(=O)CCCCCBr)cc1. The van der Waals surface area contributed by atoms with E-state index in [0.29, 0.717) is 30.2 Å². The molecule has 0 unspecified atom stereocenters. The number of anilines is 2. The zero-order valence-electron chi connectivity index (χ0n) is 19.7. The second-order valence-electron chi connectivity index (χ2n) is 8.17. The highest BCUT2D eigenvalue weighted by Gasteiger charge is 2.10. The third-order valence-electron chi connectivity index (χ3n) is 4.96. The number of sulfonamides is 2. The molecule has 0 spiro atoms. The predicted molar refractivity (Wildman–Crippen MR) is 143 cm³/mol. The van der Waals surface area contributed by atoms with Gasteiger partial charge >= 0.3 is 0 Å². The quantitative estimate of drug-likeness (QED) is 0.232. The maximum atomic E-state index is 12.2. The molecule has 2 aromatic carbocycles. The summed E-state index contributed by atoms with van der Waals surface area (Å²) in [5.41, 5.74) is 2.21. The molecule has 0 amide bonds. The number of halogens is 1. The van der Waals surface area contributed by atoms with Gasteiger partial charge in [0, 0.05) is 29.8 Å². The number of hydrogen-bond acceptors (Lipinski definition) is 6. The third-order valence-corrected chi connectivity index (χ3v) is 7.50. The second kappa shape index (κ2) is 13.9. The molecule has 0 aliphatic heterocycles. The Hall–Kier alpha value is -1.82. The van der Waals surface area contributed by atoms with Gasteiger partial charge in [0.05, 0.1) is 12.0 Å². The molecular formula is C23H34BrN3O5S2. The summed E-state index contributed by atoms with van der Waals surface area (Å²) in [7, 11) is -4.59. The number of nitrogens with one attached hydrogen (secondary N) is 2. The van der Waals surface area contributed by atoms with Crippen molar-refractivity contribution in [2.75, 3.05) is 53.5 Å². The molecule has 2 aromatic rings. The van der Waals surface area contributed by atoms with Gasteiger partial charge in [-0.1, -0.05) is 34.5 Å². The van der Waals surface area contributed by atoms with Gasteiger partial charge in [-0.15, -0.1) is 0 Å². The molecule has 0 bridgehead atoms. The molecule has 0 aliphatic rings. The van der Waals surface area contributed by atoms with Crippen LogP contribution in [0.5, 0.6) is 5.75 Å². The van der Waals surface area contributed by atoms with Crippen molar-refractivity contribution in [3.05, 3.63) is 54.1 Å². The Morgan fingerprint density at radius 3 is 2.09 bits per heavy atom. The normalized spacial score (nSPS) is 12.0. The van der Waals surface area contributed by atoms with Crippen molar-refractivity contribution < 1.29 is 21.6 Å². The van der Waals surface area contributed by atoms with Crippen molar-refractivity contribution in [1.29, 1.82) is 0 Å². The first-order valence-corrected chi connectivity index (χ1v) is 15.8. The summed E-state index contributed by atoms with van der Waals surface area (Å²) in [5, 5.41) is 0.894. The minimum atomic E-state index is -3.32. The molecule has 0 saturated heterocycles. The van der Waals surface area contributed by atoms with Crippen LogP contribution in [0.1, 0.15) is 24.8 Å². The van der Waals surface area contributed by atoms with Crippen molar-refractivity contribution in [1.82, 2.24) is 4.90 Å². The molecule has 11 heteroatoms. The van der Waals surface area contributed by atoms with Gasteiger partial charge in [-0.25, -0.2) is 16.8 Å². The maximum absolute atomic E-state index is 12.2. The van der Waals surface area contributed by atoms with Crippen LogP contribution in [0.4, 0.5) is 11.4 Å². The summed E-state index contributed by atoms with van der Waals surface area (Å²) in [6.07, 6.45) is 4.46. The van der Waals surface area contributed by atoms with Gasteiger partial charge in [0.1, 0.15) is 12.4 Å². The highest BCUT2D eigenvalue weighted by molar-refractivity contribution is 9.09. The minimum absolute atomic E-state index is 0.135. The Kier molecular flexibility index (Phi) is 11.6. The standard InChI is InChI=1S/C23H34BrN3O5S2/c1-27(17-18-32-23-12-10-21(11-13-23)25-33(2,28)29)16-14-20-6-8-22(9-7-20)26-34(30,31)19-5-3-4-15-24/h6-13,25-26H,3-5,14-19H2,1-2H3. The summed E-state index contributed by atoms with van der Waals surface area (Å²) in [5.74, 6) is 0.810. The zero-order valence-corrected chi connectivity index (χ0v) is 22.9. The van der Waals surface area contributed by atoms with Crippen molar-refractivity contribution in [3.8, 4) is 5.75 Å². The van der Waals surface area contributed by atoms with E-state index in [1.54, 1.807) is 36.4 Å². The number of likely N-dealkylation sites (N-methyl/N-ethyl adjacent to an activating group) is 1. The number of ether oxygens (including phenoxy) is 1. The summed E-state index contributed by atoms with van der Waals surface area (Å²) in [6, 6.07) is 14.3. The van der Waals surface area contributed by atoms with E-state index in [1.807, 2.05) is 19.2 Å². The molecule has 0 saturated carbocycles. The molecule has 0 aliphatic carbocycles. The molecule has 2 rings (SSSR count). The molecule has 34 heavy (non-hydrogen) atoms. The van der Waals surface area contributed by atoms with Crippen LogP contribution in [-0.2, 0) is 26.5 Å². The maximum Gasteiger partial charge on any atom is 0.232 e. The monoisotopic (exact) mass is 575 g/mol. The molecule has 0 aromatic heterocycles. The van der Waals surface area contributed by atoms with Crippen LogP contribution < -0.4 is 14.2 Å². The van der Waals surface area contributed by atoms with E-state index in [1.165, 1.54) is 0 Å². The minimum Gasteiger partial charge on any atom is -0.492 e. The van der Waals surface area contributed by atoms with Crippen LogP contribution in [0.3, 0.4) is 0 Å². The Morgan fingerprint density at radius 2 is 1.47 bits per heavy atom. The summed E-state index contributed by atoms with van der Waals surface area (Å²) < 4.78 is 57.6. The zero-order chi connectivity index (χ0) is 25.0. The number of rotatable bonds is 16. The van der Waals surface area contributed by atoms with Crippen LogP contribution in [0, 0.1) is 0 Å². The van der Waals surface area contributed by atoms with E-state index in [-0.39, 0.29) is 5.75 Å². The molecule has 2 N–H and O–H groups in total. The smallest absolute Gasteiger partial charge is 0.232 e. The van der Waals surface area contributed by atoms with E-state index >= 15 is 0 Å². The Balaban J connectivity index is 1.69. The van der Waals surface area contributed by atoms with Crippen LogP contribution in [0.15, 0.2) is 48.5 Å². The predicted octanol–water partition coefficient (Wildman–Crippen LogP) is 3.92. The lowest BCUT2D eigenvalue weighted by Gasteiger charge is -2.17. The van der Waals surface area contributed by atoms with E-state index in [2.05, 4.69) is 30.3 Å². The second-order valence-corrected chi connectivity index (χ2v) is 12.6. The Bertz CT molecular complexity index is 1080. The molecular weight excluding hydrogens is 542 g/mol. The van der Waals surface area contributed by atoms with Gasteiger partial charge in [0.15, 0.2) is 0 Å². The van der Waals surface area contributed by atoms with Crippen molar-refractivity contribution in [2.24, 2.45) is 0 Å². The van der Waals surface area contributed by atoms with Gasteiger partial charge in [-0.05, 0) is 68.3 Å². The number of nitrogens with zero attached hydrogens (tertiary/aromatic N) is 1. The lowest BCUT2D eigenvalue weighted by atomic mass is 10.1.